The van der Waals surface area contributed by atoms with Crippen LogP contribution in [0.3, 0.4) is 0 Å². The molecule has 1 saturated heterocycles. The number of hydrogen-bond donors (Lipinski definition) is 1. The van der Waals surface area contributed by atoms with Gasteiger partial charge in [-0.1, -0.05) is 18.3 Å². The summed E-state index contributed by atoms with van der Waals surface area (Å²) >= 11 is 0.990. The first kappa shape index (κ1) is 14.4. The van der Waals surface area contributed by atoms with Crippen LogP contribution in [0, 0.1) is 5.92 Å². The molecule has 1 aliphatic heterocycles. The number of nitrogens with one attached hydrogen (secondary N) is 1. The third-order valence-electron chi connectivity index (χ3n) is 2.98. The minimum Gasteiger partial charge on any atom is -0.302 e. The molecular formula is C11H17N3O3S2. The third kappa shape index (κ3) is 3.31. The SMILES string of the molecule is CC(=O)Nc1ncc(S(=O)(=O)N2CCC[C@H](C)C2)s1. The van der Waals surface area contributed by atoms with Gasteiger partial charge in [0, 0.05) is 20.0 Å². The van der Waals surface area contributed by atoms with Crippen LogP contribution in [0.15, 0.2) is 10.4 Å². The molecule has 1 aromatic heterocycles. The van der Waals surface area contributed by atoms with Crippen LogP contribution in [0.5, 0.6) is 0 Å². The van der Waals surface area contributed by atoms with E-state index in [-0.39, 0.29) is 10.1 Å². The van der Waals surface area contributed by atoms with Gasteiger partial charge in [0.1, 0.15) is 0 Å². The summed E-state index contributed by atoms with van der Waals surface area (Å²) in [6, 6.07) is 0. The average Bonchev–Trinajstić information content (AvgIpc) is 2.77. The molecule has 0 unspecified atom stereocenters. The van der Waals surface area contributed by atoms with Gasteiger partial charge in [0.05, 0.1) is 6.20 Å². The predicted molar refractivity (Wildman–Crippen MR) is 73.6 cm³/mol. The fourth-order valence-electron chi connectivity index (χ4n) is 2.08. The number of carbonyl (C=O) groups is 1. The molecular weight excluding hydrogens is 286 g/mol. The van der Waals surface area contributed by atoms with E-state index < -0.39 is 10.0 Å². The van der Waals surface area contributed by atoms with Crippen LogP contribution in [0.2, 0.25) is 0 Å². The minimum atomic E-state index is -3.47. The highest BCUT2D eigenvalue weighted by atomic mass is 32.2. The lowest BCUT2D eigenvalue weighted by Crippen LogP contribution is -2.38. The number of piperidine rings is 1. The van der Waals surface area contributed by atoms with Gasteiger partial charge in [-0.2, -0.15) is 4.31 Å². The molecule has 1 aromatic rings. The lowest BCUT2D eigenvalue weighted by molar-refractivity contribution is -0.114. The van der Waals surface area contributed by atoms with Crippen molar-refractivity contribution in [1.29, 1.82) is 0 Å². The van der Waals surface area contributed by atoms with Gasteiger partial charge in [0.15, 0.2) is 9.34 Å². The number of aromatic nitrogens is 1. The summed E-state index contributed by atoms with van der Waals surface area (Å²) in [4.78, 5) is 14.8. The molecule has 1 atom stereocenters. The molecule has 1 aliphatic rings. The van der Waals surface area contributed by atoms with Crippen molar-refractivity contribution in [3.63, 3.8) is 0 Å². The van der Waals surface area contributed by atoms with E-state index in [0.717, 1.165) is 24.2 Å². The highest BCUT2D eigenvalue weighted by Gasteiger charge is 2.30. The van der Waals surface area contributed by atoms with E-state index in [1.54, 1.807) is 0 Å². The summed E-state index contributed by atoms with van der Waals surface area (Å²) < 4.78 is 26.5. The standard InChI is InChI=1S/C11H17N3O3S2/c1-8-4-3-5-14(7-8)19(16,17)10-6-12-11(18-10)13-9(2)15/h6,8H,3-5,7H2,1-2H3,(H,12,13,15)/t8-/m0/s1. The first-order valence-electron chi connectivity index (χ1n) is 6.13. The van der Waals surface area contributed by atoms with E-state index in [0.29, 0.717) is 24.1 Å². The Labute approximate surface area is 116 Å². The molecule has 1 amide bonds. The van der Waals surface area contributed by atoms with E-state index in [4.69, 9.17) is 0 Å². The van der Waals surface area contributed by atoms with Crippen LogP contribution >= 0.6 is 11.3 Å². The zero-order valence-corrected chi connectivity index (χ0v) is 12.6. The second-order valence-corrected chi connectivity index (χ2v) is 7.97. The molecule has 0 radical (unpaired) electrons. The second-order valence-electron chi connectivity index (χ2n) is 4.78. The maximum atomic E-state index is 12.4. The lowest BCUT2D eigenvalue weighted by atomic mass is 10.0. The fraction of sp³-hybridized carbons (Fsp3) is 0.636. The highest BCUT2D eigenvalue weighted by molar-refractivity contribution is 7.91. The summed E-state index contributed by atoms with van der Waals surface area (Å²) in [6.07, 6.45) is 3.26. The van der Waals surface area contributed by atoms with Crippen molar-refractivity contribution in [2.75, 3.05) is 18.4 Å². The summed E-state index contributed by atoms with van der Waals surface area (Å²) in [5.41, 5.74) is 0. The Hall–Kier alpha value is -0.990. The molecule has 0 bridgehead atoms. The van der Waals surface area contributed by atoms with Gasteiger partial charge >= 0.3 is 0 Å². The van der Waals surface area contributed by atoms with Crippen LogP contribution in [0.25, 0.3) is 0 Å². The van der Waals surface area contributed by atoms with Crippen molar-refractivity contribution in [3.8, 4) is 0 Å². The molecule has 8 heteroatoms. The van der Waals surface area contributed by atoms with Gasteiger partial charge in [-0.15, -0.1) is 0 Å². The first-order chi connectivity index (χ1) is 8.89. The number of nitrogens with zero attached hydrogens (tertiary/aromatic N) is 2. The zero-order chi connectivity index (χ0) is 14.0. The van der Waals surface area contributed by atoms with Gasteiger partial charge < -0.3 is 5.32 Å². The Kier molecular flexibility index (Phi) is 4.22. The van der Waals surface area contributed by atoms with Crippen LogP contribution < -0.4 is 5.32 Å². The molecule has 0 saturated carbocycles. The lowest BCUT2D eigenvalue weighted by Gasteiger charge is -2.29. The molecule has 0 spiro atoms. The largest absolute Gasteiger partial charge is 0.302 e. The maximum Gasteiger partial charge on any atom is 0.254 e. The second kappa shape index (κ2) is 5.56. The molecule has 106 valence electrons. The van der Waals surface area contributed by atoms with Crippen molar-refractivity contribution >= 4 is 32.4 Å². The van der Waals surface area contributed by atoms with E-state index in [1.807, 2.05) is 0 Å². The summed E-state index contributed by atoms with van der Waals surface area (Å²) in [6.45, 7) is 4.52. The normalized spacial score (nSPS) is 21.3. The third-order valence-corrected chi connectivity index (χ3v) is 6.20. The Bertz CT molecular complexity index is 567. The Balaban J connectivity index is 2.19. The van der Waals surface area contributed by atoms with E-state index in [1.165, 1.54) is 17.4 Å². The number of sulfonamides is 1. The quantitative estimate of drug-likeness (QED) is 0.918. The Morgan fingerprint density at radius 2 is 2.32 bits per heavy atom. The number of amides is 1. The first-order valence-corrected chi connectivity index (χ1v) is 8.39. The molecule has 2 heterocycles. The van der Waals surface area contributed by atoms with E-state index >= 15 is 0 Å². The zero-order valence-electron chi connectivity index (χ0n) is 10.9. The van der Waals surface area contributed by atoms with Crippen molar-refractivity contribution < 1.29 is 13.2 Å². The van der Waals surface area contributed by atoms with Crippen LogP contribution in [-0.2, 0) is 14.8 Å². The Morgan fingerprint density at radius 3 is 2.95 bits per heavy atom. The average molecular weight is 303 g/mol. The number of thiazole rings is 1. The van der Waals surface area contributed by atoms with Gasteiger partial charge in [0.2, 0.25) is 5.91 Å². The molecule has 0 aliphatic carbocycles. The smallest absolute Gasteiger partial charge is 0.254 e. The fourth-order valence-corrected chi connectivity index (χ4v) is 4.91. The molecule has 1 fully saturated rings. The molecule has 0 aromatic carbocycles. The van der Waals surface area contributed by atoms with Crippen LogP contribution in [0.4, 0.5) is 5.13 Å². The number of rotatable bonds is 3. The van der Waals surface area contributed by atoms with Crippen molar-refractivity contribution in [3.05, 3.63) is 6.20 Å². The topological polar surface area (TPSA) is 79.4 Å². The number of carbonyl (C=O) groups excluding carboxylic acids is 1. The summed E-state index contributed by atoms with van der Waals surface area (Å²) in [5.74, 6) is 0.121. The maximum absolute atomic E-state index is 12.4. The van der Waals surface area contributed by atoms with Crippen LogP contribution in [-0.4, -0.2) is 36.7 Å². The predicted octanol–water partition coefficient (Wildman–Crippen LogP) is 1.52. The monoisotopic (exact) mass is 303 g/mol. The minimum absolute atomic E-state index is 0.186. The molecule has 1 N–H and O–H groups in total. The van der Waals surface area contributed by atoms with Crippen molar-refractivity contribution in [2.24, 2.45) is 5.92 Å². The molecule has 6 nitrogen and oxygen atoms in total. The van der Waals surface area contributed by atoms with E-state index in [2.05, 4.69) is 17.2 Å². The molecule has 19 heavy (non-hydrogen) atoms. The van der Waals surface area contributed by atoms with Gasteiger partial charge in [-0.3, -0.25) is 4.79 Å². The van der Waals surface area contributed by atoms with Gasteiger partial charge in [0.25, 0.3) is 10.0 Å². The Morgan fingerprint density at radius 1 is 1.58 bits per heavy atom. The van der Waals surface area contributed by atoms with Crippen molar-refractivity contribution in [1.82, 2.24) is 9.29 Å². The number of hydrogen-bond acceptors (Lipinski definition) is 5. The number of anilines is 1. The van der Waals surface area contributed by atoms with Gasteiger partial charge in [-0.05, 0) is 18.8 Å². The van der Waals surface area contributed by atoms with Crippen LogP contribution in [0.1, 0.15) is 26.7 Å². The van der Waals surface area contributed by atoms with E-state index in [9.17, 15) is 13.2 Å². The highest BCUT2D eigenvalue weighted by Crippen LogP contribution is 2.28. The van der Waals surface area contributed by atoms with Gasteiger partial charge in [-0.25, -0.2) is 13.4 Å². The van der Waals surface area contributed by atoms with Crippen molar-refractivity contribution in [2.45, 2.75) is 30.9 Å². The summed E-state index contributed by atoms with van der Waals surface area (Å²) in [7, 11) is -3.47. The summed E-state index contributed by atoms with van der Waals surface area (Å²) in [5, 5.41) is 2.81. The molecule has 2 rings (SSSR count).